The van der Waals surface area contributed by atoms with E-state index in [0.717, 1.165) is 6.42 Å². The fourth-order valence-electron chi connectivity index (χ4n) is 3.94. The minimum Gasteiger partial charge on any atom is -0.313 e. The van der Waals surface area contributed by atoms with E-state index in [0.29, 0.717) is 12.0 Å². The van der Waals surface area contributed by atoms with Crippen molar-refractivity contribution in [2.24, 2.45) is 0 Å². The molecule has 0 bridgehead atoms. The van der Waals surface area contributed by atoms with Gasteiger partial charge in [-0.1, -0.05) is 66.7 Å². The van der Waals surface area contributed by atoms with Crippen LogP contribution in [0.5, 0.6) is 0 Å². The third-order valence-corrected chi connectivity index (χ3v) is 5.03. The second-order valence-electron chi connectivity index (χ2n) is 6.25. The molecule has 0 saturated carbocycles. The average Bonchev–Trinajstić information content (AvgIpc) is 2.93. The summed E-state index contributed by atoms with van der Waals surface area (Å²) >= 11 is 0. The summed E-state index contributed by atoms with van der Waals surface area (Å²) < 4.78 is 0. The van der Waals surface area contributed by atoms with Gasteiger partial charge < -0.3 is 5.32 Å². The van der Waals surface area contributed by atoms with Crippen molar-refractivity contribution in [3.05, 3.63) is 83.4 Å². The van der Waals surface area contributed by atoms with E-state index in [1.165, 1.54) is 33.9 Å². The molecule has 110 valence electrons. The summed E-state index contributed by atoms with van der Waals surface area (Å²) in [6.07, 6.45) is 2.32. The Morgan fingerprint density at radius 2 is 1.59 bits per heavy atom. The van der Waals surface area contributed by atoms with E-state index < -0.39 is 0 Å². The van der Waals surface area contributed by atoms with Gasteiger partial charge in [-0.25, -0.2) is 0 Å². The minimum atomic E-state index is 0.496. The first-order valence-electron chi connectivity index (χ1n) is 8.09. The Bertz CT molecular complexity index is 800. The highest BCUT2D eigenvalue weighted by atomic mass is 14.9. The lowest BCUT2D eigenvalue weighted by molar-refractivity contribution is 0.533. The third kappa shape index (κ3) is 2.22. The van der Waals surface area contributed by atoms with Crippen LogP contribution in [0.2, 0.25) is 0 Å². The zero-order valence-corrected chi connectivity index (χ0v) is 12.9. The van der Waals surface area contributed by atoms with Gasteiger partial charge in [0.05, 0.1) is 0 Å². The molecule has 1 aliphatic rings. The normalized spacial score (nSPS) is 20.2. The van der Waals surface area contributed by atoms with Crippen LogP contribution >= 0.6 is 0 Å². The van der Waals surface area contributed by atoms with Crippen LogP contribution in [-0.2, 0) is 6.42 Å². The Balaban J connectivity index is 1.72. The SMILES string of the molecule is CN[C@@H]1C[C@@H](Cc2cccc3ccccc23)c2ccccc21. The van der Waals surface area contributed by atoms with Crippen LogP contribution in [0.1, 0.15) is 35.1 Å². The fraction of sp³-hybridized carbons (Fsp3) is 0.238. The number of benzene rings is 3. The van der Waals surface area contributed by atoms with E-state index in [9.17, 15) is 0 Å². The average molecular weight is 287 g/mol. The number of fused-ring (bicyclic) bond motifs is 2. The van der Waals surface area contributed by atoms with Gasteiger partial charge in [0.2, 0.25) is 0 Å². The number of rotatable bonds is 3. The Hall–Kier alpha value is -2.12. The molecular weight excluding hydrogens is 266 g/mol. The van der Waals surface area contributed by atoms with Crippen LogP contribution in [0.25, 0.3) is 10.8 Å². The highest BCUT2D eigenvalue weighted by Gasteiger charge is 2.29. The van der Waals surface area contributed by atoms with Crippen LogP contribution < -0.4 is 5.32 Å². The Kier molecular flexibility index (Phi) is 3.44. The van der Waals surface area contributed by atoms with E-state index in [2.05, 4.69) is 79.1 Å². The summed E-state index contributed by atoms with van der Waals surface area (Å²) in [4.78, 5) is 0. The van der Waals surface area contributed by atoms with Crippen molar-refractivity contribution in [1.82, 2.24) is 5.32 Å². The Labute approximate surface area is 132 Å². The van der Waals surface area contributed by atoms with Crippen LogP contribution in [0.15, 0.2) is 66.7 Å². The van der Waals surface area contributed by atoms with Gasteiger partial charge in [0.1, 0.15) is 0 Å². The highest BCUT2D eigenvalue weighted by Crippen LogP contribution is 2.42. The van der Waals surface area contributed by atoms with Gasteiger partial charge >= 0.3 is 0 Å². The Morgan fingerprint density at radius 3 is 2.45 bits per heavy atom. The van der Waals surface area contributed by atoms with Crippen LogP contribution in [0.4, 0.5) is 0 Å². The number of nitrogens with one attached hydrogen (secondary N) is 1. The van der Waals surface area contributed by atoms with Gasteiger partial charge in [0, 0.05) is 6.04 Å². The summed E-state index contributed by atoms with van der Waals surface area (Å²) in [6.45, 7) is 0. The van der Waals surface area contributed by atoms with E-state index in [1.54, 1.807) is 0 Å². The van der Waals surface area contributed by atoms with Gasteiger partial charge in [0.25, 0.3) is 0 Å². The highest BCUT2D eigenvalue weighted by molar-refractivity contribution is 5.85. The summed E-state index contributed by atoms with van der Waals surface area (Å²) in [7, 11) is 2.07. The summed E-state index contributed by atoms with van der Waals surface area (Å²) in [5.41, 5.74) is 4.47. The van der Waals surface area contributed by atoms with Crippen molar-refractivity contribution in [3.63, 3.8) is 0 Å². The monoisotopic (exact) mass is 287 g/mol. The molecule has 22 heavy (non-hydrogen) atoms. The molecule has 1 heteroatoms. The minimum absolute atomic E-state index is 0.496. The van der Waals surface area contributed by atoms with Crippen molar-refractivity contribution in [3.8, 4) is 0 Å². The maximum absolute atomic E-state index is 3.47. The lowest BCUT2D eigenvalue weighted by atomic mass is 9.91. The second-order valence-corrected chi connectivity index (χ2v) is 6.25. The first-order valence-corrected chi connectivity index (χ1v) is 8.09. The molecule has 0 aliphatic heterocycles. The molecule has 3 aromatic carbocycles. The van der Waals surface area contributed by atoms with Crippen molar-refractivity contribution in [1.29, 1.82) is 0 Å². The zero-order valence-electron chi connectivity index (χ0n) is 12.9. The maximum atomic E-state index is 3.47. The van der Waals surface area contributed by atoms with E-state index >= 15 is 0 Å². The molecule has 0 heterocycles. The van der Waals surface area contributed by atoms with Gasteiger partial charge in [-0.3, -0.25) is 0 Å². The molecule has 0 unspecified atom stereocenters. The largest absolute Gasteiger partial charge is 0.313 e. The van der Waals surface area contributed by atoms with Crippen molar-refractivity contribution in [2.45, 2.75) is 24.8 Å². The Morgan fingerprint density at radius 1 is 0.864 bits per heavy atom. The molecule has 0 fully saturated rings. The maximum Gasteiger partial charge on any atom is 0.0326 e. The summed E-state index contributed by atoms with van der Waals surface area (Å²) in [5, 5.41) is 6.22. The van der Waals surface area contributed by atoms with Crippen molar-refractivity contribution < 1.29 is 0 Å². The summed E-state index contributed by atoms with van der Waals surface area (Å²) in [6, 6.07) is 24.8. The molecule has 4 rings (SSSR count). The van der Waals surface area contributed by atoms with Crippen molar-refractivity contribution in [2.75, 3.05) is 7.05 Å². The summed E-state index contributed by atoms with van der Waals surface area (Å²) in [5.74, 6) is 0.611. The zero-order chi connectivity index (χ0) is 14.9. The van der Waals surface area contributed by atoms with Gasteiger partial charge in [-0.15, -0.1) is 0 Å². The standard InChI is InChI=1S/C21H21N/c1-22-21-14-17(19-11-4-5-12-20(19)21)13-16-9-6-8-15-7-2-3-10-18(15)16/h2-12,17,21-22H,13-14H2,1H3/t17-,21-/m1/s1. The molecule has 0 aromatic heterocycles. The van der Waals surface area contributed by atoms with Gasteiger partial charge in [0.15, 0.2) is 0 Å². The number of hydrogen-bond acceptors (Lipinski definition) is 1. The molecule has 2 atom stereocenters. The van der Waals surface area contributed by atoms with Crippen LogP contribution in [0, 0.1) is 0 Å². The topological polar surface area (TPSA) is 12.0 Å². The second kappa shape index (κ2) is 5.58. The van der Waals surface area contributed by atoms with Crippen LogP contribution in [-0.4, -0.2) is 7.05 Å². The quantitative estimate of drug-likeness (QED) is 0.727. The van der Waals surface area contributed by atoms with Crippen LogP contribution in [0.3, 0.4) is 0 Å². The molecule has 0 spiro atoms. The first-order chi connectivity index (χ1) is 10.9. The van der Waals surface area contributed by atoms with E-state index in [1.807, 2.05) is 0 Å². The van der Waals surface area contributed by atoms with E-state index in [-0.39, 0.29) is 0 Å². The lowest BCUT2D eigenvalue weighted by Crippen LogP contribution is -2.13. The predicted molar refractivity (Wildman–Crippen MR) is 93.3 cm³/mol. The molecule has 1 aliphatic carbocycles. The molecular formula is C21H21N. The molecule has 0 radical (unpaired) electrons. The first kappa shape index (κ1) is 13.5. The van der Waals surface area contributed by atoms with Gasteiger partial charge in [-0.2, -0.15) is 0 Å². The smallest absolute Gasteiger partial charge is 0.0326 e. The third-order valence-electron chi connectivity index (χ3n) is 5.03. The predicted octanol–water partition coefficient (Wildman–Crippen LogP) is 4.83. The number of hydrogen-bond donors (Lipinski definition) is 1. The van der Waals surface area contributed by atoms with Gasteiger partial charge in [-0.05, 0) is 53.3 Å². The van der Waals surface area contributed by atoms with Crippen molar-refractivity contribution >= 4 is 10.8 Å². The molecule has 1 nitrogen and oxygen atoms in total. The molecule has 0 saturated heterocycles. The molecule has 3 aromatic rings. The molecule has 0 amide bonds. The van der Waals surface area contributed by atoms with E-state index in [4.69, 9.17) is 0 Å². The fourth-order valence-corrected chi connectivity index (χ4v) is 3.94. The lowest BCUT2D eigenvalue weighted by Gasteiger charge is -2.14. The molecule has 1 N–H and O–H groups in total.